The highest BCUT2D eigenvalue weighted by Gasteiger charge is 2.23. The van der Waals surface area contributed by atoms with E-state index >= 15 is 0 Å². The van der Waals surface area contributed by atoms with Crippen LogP contribution in [0.3, 0.4) is 0 Å². The van der Waals surface area contributed by atoms with E-state index in [9.17, 15) is 0 Å². The van der Waals surface area contributed by atoms with Crippen LogP contribution in [0, 0.1) is 0 Å². The Bertz CT molecular complexity index is 3100. The normalized spacial score (nSPS) is 12.4. The maximum absolute atomic E-state index is 5.25. The Morgan fingerprint density at radius 1 is 0.411 bits per heavy atom. The average molecular weight is 718 g/mol. The van der Waals surface area contributed by atoms with Gasteiger partial charge in [0.1, 0.15) is 0 Å². The molecule has 3 heterocycles. The van der Waals surface area contributed by atoms with E-state index in [2.05, 4.69) is 173 Å². The summed E-state index contributed by atoms with van der Waals surface area (Å²) in [5, 5.41) is 3.64. The minimum Gasteiger partial charge on any atom is -0.310 e. The Morgan fingerprint density at radius 2 is 1.02 bits per heavy atom. The van der Waals surface area contributed by atoms with Gasteiger partial charge in [0, 0.05) is 49.9 Å². The van der Waals surface area contributed by atoms with E-state index in [1.807, 2.05) is 24.3 Å². The zero-order valence-electron chi connectivity index (χ0n) is 30.5. The van der Waals surface area contributed by atoms with Crippen molar-refractivity contribution in [2.75, 3.05) is 0 Å². The predicted molar refractivity (Wildman–Crippen MR) is 230 cm³/mol. The van der Waals surface area contributed by atoms with Crippen molar-refractivity contribution in [3.8, 4) is 56.7 Å². The first-order valence-electron chi connectivity index (χ1n) is 19.2. The lowest BCUT2D eigenvalue weighted by atomic mass is 10.0. The number of benzene rings is 7. The van der Waals surface area contributed by atoms with E-state index in [0.717, 1.165) is 62.9 Å². The summed E-state index contributed by atoms with van der Waals surface area (Å²) in [6.45, 7) is 0. The van der Waals surface area contributed by atoms with Crippen LogP contribution in [0.5, 0.6) is 0 Å². The van der Waals surface area contributed by atoms with Gasteiger partial charge in [-0.2, -0.15) is 0 Å². The van der Waals surface area contributed by atoms with Crippen molar-refractivity contribution in [3.05, 3.63) is 193 Å². The van der Waals surface area contributed by atoms with Crippen LogP contribution in [-0.2, 0) is 6.42 Å². The zero-order valence-corrected chi connectivity index (χ0v) is 30.5. The summed E-state index contributed by atoms with van der Waals surface area (Å²) in [5.41, 5.74) is 13.4. The van der Waals surface area contributed by atoms with Crippen molar-refractivity contribution in [1.29, 1.82) is 0 Å². The minimum atomic E-state index is 0.627. The highest BCUT2D eigenvalue weighted by molar-refractivity contribution is 6.14. The van der Waals surface area contributed by atoms with Crippen LogP contribution >= 0.6 is 0 Å². The first kappa shape index (κ1) is 32.1. The Balaban J connectivity index is 1.15. The van der Waals surface area contributed by atoms with Crippen LogP contribution in [0.25, 0.3) is 95.5 Å². The monoisotopic (exact) mass is 717 g/mol. The average Bonchev–Trinajstić information content (AvgIpc) is 3.80. The molecule has 5 heteroatoms. The second kappa shape index (κ2) is 13.2. The van der Waals surface area contributed by atoms with Gasteiger partial charge in [-0.3, -0.25) is 0 Å². The molecule has 0 atom stereocenters. The first-order chi connectivity index (χ1) is 27.8. The summed E-state index contributed by atoms with van der Waals surface area (Å²) < 4.78 is 4.82. The molecule has 0 N–H and O–H groups in total. The van der Waals surface area contributed by atoms with Gasteiger partial charge in [-0.25, -0.2) is 15.0 Å². The van der Waals surface area contributed by atoms with E-state index in [1.165, 1.54) is 33.1 Å². The number of allylic oxidation sites excluding steroid dienone is 1. The SMILES string of the molecule is C1=Cc2c(c3ccccc3n2-c2ccc3c4cccc(-c5nc(-c6ccccc6)nc(-c6ccc(-c7ccccc7)cc6)n5)c4n(-c4ccccc4)c3c2)CC1. The van der Waals surface area contributed by atoms with Gasteiger partial charge in [0.15, 0.2) is 17.5 Å². The van der Waals surface area contributed by atoms with E-state index in [1.54, 1.807) is 0 Å². The van der Waals surface area contributed by atoms with E-state index in [-0.39, 0.29) is 0 Å². The first-order valence-corrected chi connectivity index (χ1v) is 19.2. The molecule has 7 aromatic carbocycles. The van der Waals surface area contributed by atoms with Gasteiger partial charge in [0.05, 0.1) is 16.6 Å². The molecule has 10 aromatic rings. The molecule has 0 unspecified atom stereocenters. The molecular formula is C51H35N5. The van der Waals surface area contributed by atoms with E-state index < -0.39 is 0 Å². The van der Waals surface area contributed by atoms with Gasteiger partial charge in [0.25, 0.3) is 0 Å². The second-order valence-electron chi connectivity index (χ2n) is 14.3. The fourth-order valence-electron chi connectivity index (χ4n) is 8.47. The number of para-hydroxylation sites is 3. The third-order valence-electron chi connectivity index (χ3n) is 11.1. The molecule has 0 spiro atoms. The molecule has 0 aliphatic heterocycles. The maximum atomic E-state index is 5.25. The molecule has 56 heavy (non-hydrogen) atoms. The zero-order chi connectivity index (χ0) is 37.0. The molecule has 1 aliphatic carbocycles. The van der Waals surface area contributed by atoms with Gasteiger partial charge in [-0.05, 0) is 72.0 Å². The smallest absolute Gasteiger partial charge is 0.166 e. The number of hydrogen-bond donors (Lipinski definition) is 0. The largest absolute Gasteiger partial charge is 0.310 e. The van der Waals surface area contributed by atoms with Crippen molar-refractivity contribution in [2.24, 2.45) is 0 Å². The van der Waals surface area contributed by atoms with E-state index in [0.29, 0.717) is 17.5 Å². The topological polar surface area (TPSA) is 48.5 Å². The number of rotatable bonds is 6. The van der Waals surface area contributed by atoms with E-state index in [4.69, 9.17) is 15.0 Å². The lowest BCUT2D eigenvalue weighted by Gasteiger charge is -2.14. The molecule has 0 radical (unpaired) electrons. The third kappa shape index (κ3) is 5.28. The van der Waals surface area contributed by atoms with Crippen LogP contribution in [0.15, 0.2) is 182 Å². The van der Waals surface area contributed by atoms with Crippen LogP contribution in [-0.4, -0.2) is 24.1 Å². The van der Waals surface area contributed by atoms with Gasteiger partial charge in [-0.15, -0.1) is 0 Å². The van der Waals surface area contributed by atoms with Crippen molar-refractivity contribution in [3.63, 3.8) is 0 Å². The van der Waals surface area contributed by atoms with Crippen molar-refractivity contribution >= 4 is 38.8 Å². The Kier molecular flexibility index (Phi) is 7.56. The highest BCUT2D eigenvalue weighted by atomic mass is 15.1. The van der Waals surface area contributed by atoms with Gasteiger partial charge >= 0.3 is 0 Å². The minimum absolute atomic E-state index is 0.627. The second-order valence-corrected chi connectivity index (χ2v) is 14.3. The highest BCUT2D eigenvalue weighted by Crippen LogP contribution is 2.40. The summed E-state index contributed by atoms with van der Waals surface area (Å²) in [6.07, 6.45) is 6.71. The van der Waals surface area contributed by atoms with Gasteiger partial charge < -0.3 is 9.13 Å². The van der Waals surface area contributed by atoms with Crippen molar-refractivity contribution in [2.45, 2.75) is 12.8 Å². The van der Waals surface area contributed by atoms with Gasteiger partial charge in [0.2, 0.25) is 0 Å². The quantitative estimate of drug-likeness (QED) is 0.172. The summed E-state index contributed by atoms with van der Waals surface area (Å²) in [6, 6.07) is 62.0. The summed E-state index contributed by atoms with van der Waals surface area (Å²) in [4.78, 5) is 15.5. The summed E-state index contributed by atoms with van der Waals surface area (Å²) >= 11 is 0. The molecule has 0 bridgehead atoms. The fourth-order valence-corrected chi connectivity index (χ4v) is 8.47. The van der Waals surface area contributed by atoms with Crippen LogP contribution in [0.2, 0.25) is 0 Å². The molecule has 11 rings (SSSR count). The predicted octanol–water partition coefficient (Wildman–Crippen LogP) is 12.5. The lowest BCUT2D eigenvalue weighted by Crippen LogP contribution is -2.02. The van der Waals surface area contributed by atoms with Crippen LogP contribution < -0.4 is 0 Å². The Labute approximate surface area is 324 Å². The standard InChI is InChI=1S/C51H35N5/c1-4-15-34(16-5-1)35-27-29-37(30-28-35)50-52-49(36-17-6-2-7-18-36)53-51(54-50)44-24-14-23-43-42-32-31-39(33-47(42)56(48(43)44)38-19-8-3-9-20-38)55-45-25-12-10-21-40(45)41-22-11-13-26-46(41)55/h1-10,12-21,23-33H,11,22H2. The molecule has 0 saturated heterocycles. The number of nitrogens with zero attached hydrogens (tertiary/aromatic N) is 5. The molecule has 0 fully saturated rings. The maximum Gasteiger partial charge on any atom is 0.166 e. The molecule has 0 saturated carbocycles. The fraction of sp³-hybridized carbons (Fsp3) is 0.0392. The van der Waals surface area contributed by atoms with Crippen molar-refractivity contribution in [1.82, 2.24) is 24.1 Å². The molecule has 5 nitrogen and oxygen atoms in total. The summed E-state index contributed by atoms with van der Waals surface area (Å²) in [7, 11) is 0. The molecular weight excluding hydrogens is 683 g/mol. The Hall–Kier alpha value is -7.37. The Morgan fingerprint density at radius 3 is 1.79 bits per heavy atom. The molecule has 0 amide bonds. The number of hydrogen-bond acceptors (Lipinski definition) is 3. The molecule has 3 aromatic heterocycles. The van der Waals surface area contributed by atoms with Crippen LogP contribution in [0.4, 0.5) is 0 Å². The lowest BCUT2D eigenvalue weighted by molar-refractivity contribution is 0.968. The number of fused-ring (bicyclic) bond motifs is 6. The molecule has 264 valence electrons. The molecule has 1 aliphatic rings. The third-order valence-corrected chi connectivity index (χ3v) is 11.1. The van der Waals surface area contributed by atoms with Crippen molar-refractivity contribution < 1.29 is 0 Å². The number of aromatic nitrogens is 5. The van der Waals surface area contributed by atoms with Gasteiger partial charge in [-0.1, -0.05) is 146 Å². The number of aryl methyl sites for hydroxylation is 1. The van der Waals surface area contributed by atoms with Crippen LogP contribution in [0.1, 0.15) is 17.7 Å². The summed E-state index contributed by atoms with van der Waals surface area (Å²) in [5.74, 6) is 1.89.